The van der Waals surface area contributed by atoms with Crippen LogP contribution in [0.5, 0.6) is 5.75 Å². The van der Waals surface area contributed by atoms with Crippen LogP contribution in [0.3, 0.4) is 0 Å². The molecule has 3 N–H and O–H groups in total. The first-order chi connectivity index (χ1) is 13.0. The molecule has 2 amide bonds. The lowest BCUT2D eigenvalue weighted by molar-refractivity contribution is 0.0998. The van der Waals surface area contributed by atoms with E-state index in [4.69, 9.17) is 10.5 Å². The monoisotopic (exact) mass is 360 g/mol. The van der Waals surface area contributed by atoms with E-state index in [1.165, 1.54) is 0 Å². The molecule has 0 atom stereocenters. The van der Waals surface area contributed by atoms with Gasteiger partial charge in [0.2, 0.25) is 5.91 Å². The summed E-state index contributed by atoms with van der Waals surface area (Å²) >= 11 is 0. The van der Waals surface area contributed by atoms with Crippen LogP contribution in [0.4, 0.5) is 5.69 Å². The van der Waals surface area contributed by atoms with Crippen LogP contribution in [-0.2, 0) is 6.61 Å². The van der Waals surface area contributed by atoms with Crippen LogP contribution in [0.25, 0.3) is 0 Å². The number of benzene rings is 3. The second kappa shape index (κ2) is 8.19. The van der Waals surface area contributed by atoms with Crippen LogP contribution in [0.1, 0.15) is 31.8 Å². The number of carbonyl (C=O) groups excluding carboxylic acids is 2. The van der Waals surface area contributed by atoms with Crippen molar-refractivity contribution in [1.82, 2.24) is 0 Å². The Balaban J connectivity index is 1.59. The maximum absolute atomic E-state index is 12.3. The molecule has 0 saturated heterocycles. The molecule has 5 nitrogen and oxygen atoms in total. The standard InChI is InChI=1S/C22H20N2O3/c1-15-3-2-4-20(13-15)27-14-16-5-7-18(8-6-16)22(26)24-19-11-9-17(10-12-19)21(23)25/h2-13H,14H2,1H3,(H2,23,25)(H,24,26). The van der Waals surface area contributed by atoms with Crippen molar-refractivity contribution in [2.45, 2.75) is 13.5 Å². The minimum Gasteiger partial charge on any atom is -0.489 e. The van der Waals surface area contributed by atoms with Crippen molar-refractivity contribution < 1.29 is 14.3 Å². The Morgan fingerprint density at radius 3 is 2.22 bits per heavy atom. The van der Waals surface area contributed by atoms with Gasteiger partial charge >= 0.3 is 0 Å². The van der Waals surface area contributed by atoms with Crippen molar-refractivity contribution in [3.05, 3.63) is 95.1 Å². The van der Waals surface area contributed by atoms with Gasteiger partial charge in [-0.3, -0.25) is 9.59 Å². The molecule has 0 aliphatic rings. The van der Waals surface area contributed by atoms with Crippen molar-refractivity contribution in [2.75, 3.05) is 5.32 Å². The van der Waals surface area contributed by atoms with E-state index in [-0.39, 0.29) is 5.91 Å². The van der Waals surface area contributed by atoms with E-state index in [0.29, 0.717) is 23.4 Å². The van der Waals surface area contributed by atoms with E-state index >= 15 is 0 Å². The number of nitrogens with one attached hydrogen (secondary N) is 1. The lowest BCUT2D eigenvalue weighted by atomic mass is 10.1. The Hall–Kier alpha value is -3.60. The maximum Gasteiger partial charge on any atom is 0.255 e. The zero-order valence-corrected chi connectivity index (χ0v) is 14.9. The minimum atomic E-state index is -0.503. The third-order valence-electron chi connectivity index (χ3n) is 4.04. The minimum absolute atomic E-state index is 0.229. The number of ether oxygens (including phenoxy) is 1. The summed E-state index contributed by atoms with van der Waals surface area (Å²) in [6.07, 6.45) is 0. The van der Waals surface area contributed by atoms with Gasteiger partial charge in [0.1, 0.15) is 12.4 Å². The van der Waals surface area contributed by atoms with Crippen LogP contribution in [0.2, 0.25) is 0 Å². The molecule has 0 saturated carbocycles. The summed E-state index contributed by atoms with van der Waals surface area (Å²) in [5.74, 6) is 0.0838. The van der Waals surface area contributed by atoms with E-state index in [2.05, 4.69) is 5.32 Å². The van der Waals surface area contributed by atoms with Gasteiger partial charge in [-0.05, 0) is 66.6 Å². The van der Waals surface area contributed by atoms with Crippen LogP contribution < -0.4 is 15.8 Å². The van der Waals surface area contributed by atoms with Gasteiger partial charge < -0.3 is 15.8 Å². The quantitative estimate of drug-likeness (QED) is 0.699. The van der Waals surface area contributed by atoms with Crippen LogP contribution in [0.15, 0.2) is 72.8 Å². The Morgan fingerprint density at radius 2 is 1.59 bits per heavy atom. The fourth-order valence-electron chi connectivity index (χ4n) is 2.55. The average molecular weight is 360 g/mol. The van der Waals surface area contributed by atoms with Gasteiger partial charge in [0.05, 0.1) is 0 Å². The summed E-state index contributed by atoms with van der Waals surface area (Å²) in [6, 6.07) is 21.5. The van der Waals surface area contributed by atoms with Crippen LogP contribution in [-0.4, -0.2) is 11.8 Å². The van der Waals surface area contributed by atoms with Crippen molar-refractivity contribution in [1.29, 1.82) is 0 Å². The number of hydrogen-bond acceptors (Lipinski definition) is 3. The van der Waals surface area contributed by atoms with Gasteiger partial charge in [0, 0.05) is 16.8 Å². The van der Waals surface area contributed by atoms with E-state index in [9.17, 15) is 9.59 Å². The number of amides is 2. The number of anilines is 1. The zero-order chi connectivity index (χ0) is 19.2. The highest BCUT2D eigenvalue weighted by molar-refractivity contribution is 6.04. The first kappa shape index (κ1) is 18.2. The van der Waals surface area contributed by atoms with Gasteiger partial charge in [-0.15, -0.1) is 0 Å². The Bertz CT molecular complexity index is 948. The Kier molecular flexibility index (Phi) is 5.52. The molecule has 0 heterocycles. The van der Waals surface area contributed by atoms with E-state index in [1.54, 1.807) is 36.4 Å². The van der Waals surface area contributed by atoms with Gasteiger partial charge in [-0.1, -0.05) is 24.3 Å². The molecule has 136 valence electrons. The molecule has 3 aromatic rings. The van der Waals surface area contributed by atoms with Gasteiger partial charge in [-0.25, -0.2) is 0 Å². The third kappa shape index (κ3) is 4.95. The molecule has 0 radical (unpaired) electrons. The number of aryl methyl sites for hydroxylation is 1. The summed E-state index contributed by atoms with van der Waals surface area (Å²) in [6.45, 7) is 2.45. The van der Waals surface area contributed by atoms with Crippen molar-refractivity contribution in [3.63, 3.8) is 0 Å². The fourth-order valence-corrected chi connectivity index (χ4v) is 2.55. The fraction of sp³-hybridized carbons (Fsp3) is 0.0909. The second-order valence-electron chi connectivity index (χ2n) is 6.20. The Morgan fingerprint density at radius 1 is 0.926 bits per heavy atom. The van der Waals surface area contributed by atoms with Crippen molar-refractivity contribution >= 4 is 17.5 Å². The predicted molar refractivity (Wildman–Crippen MR) is 105 cm³/mol. The molecule has 0 unspecified atom stereocenters. The molecule has 0 aliphatic carbocycles. The first-order valence-electron chi connectivity index (χ1n) is 8.51. The number of nitrogens with two attached hydrogens (primary N) is 1. The van der Waals surface area contributed by atoms with Gasteiger partial charge in [0.15, 0.2) is 0 Å². The van der Waals surface area contributed by atoms with Crippen LogP contribution in [0, 0.1) is 6.92 Å². The van der Waals surface area contributed by atoms with Crippen molar-refractivity contribution in [2.24, 2.45) is 5.73 Å². The molecule has 27 heavy (non-hydrogen) atoms. The SMILES string of the molecule is Cc1cccc(OCc2ccc(C(=O)Nc3ccc(C(N)=O)cc3)cc2)c1. The third-order valence-corrected chi connectivity index (χ3v) is 4.04. The number of rotatable bonds is 6. The number of hydrogen-bond donors (Lipinski definition) is 2. The molecule has 3 aromatic carbocycles. The van der Waals surface area contributed by atoms with Gasteiger partial charge in [-0.2, -0.15) is 0 Å². The molecule has 0 aromatic heterocycles. The first-order valence-corrected chi connectivity index (χ1v) is 8.51. The smallest absolute Gasteiger partial charge is 0.255 e. The lowest BCUT2D eigenvalue weighted by Crippen LogP contribution is -2.13. The normalized spacial score (nSPS) is 10.3. The highest BCUT2D eigenvalue weighted by Crippen LogP contribution is 2.16. The lowest BCUT2D eigenvalue weighted by Gasteiger charge is -2.09. The van der Waals surface area contributed by atoms with Crippen LogP contribution >= 0.6 is 0 Å². The van der Waals surface area contributed by atoms with E-state index < -0.39 is 5.91 Å². The largest absolute Gasteiger partial charge is 0.489 e. The molecule has 0 fully saturated rings. The second-order valence-corrected chi connectivity index (χ2v) is 6.20. The molecule has 3 rings (SSSR count). The molecular weight excluding hydrogens is 340 g/mol. The number of primary amides is 1. The molecule has 5 heteroatoms. The topological polar surface area (TPSA) is 81.4 Å². The summed E-state index contributed by atoms with van der Waals surface area (Å²) in [7, 11) is 0. The molecule has 0 aliphatic heterocycles. The van der Waals surface area contributed by atoms with E-state index in [0.717, 1.165) is 16.9 Å². The maximum atomic E-state index is 12.3. The van der Waals surface area contributed by atoms with E-state index in [1.807, 2.05) is 43.3 Å². The average Bonchev–Trinajstić information content (AvgIpc) is 2.67. The summed E-state index contributed by atoms with van der Waals surface area (Å²) < 4.78 is 5.76. The number of carbonyl (C=O) groups is 2. The molecule has 0 bridgehead atoms. The molecular formula is C22H20N2O3. The zero-order valence-electron chi connectivity index (χ0n) is 14.9. The summed E-state index contributed by atoms with van der Waals surface area (Å²) in [5.41, 5.74) is 8.84. The Labute approximate surface area is 157 Å². The predicted octanol–water partition coefficient (Wildman–Crippen LogP) is 3.93. The highest BCUT2D eigenvalue weighted by atomic mass is 16.5. The highest BCUT2D eigenvalue weighted by Gasteiger charge is 2.07. The summed E-state index contributed by atoms with van der Waals surface area (Å²) in [4.78, 5) is 23.4. The van der Waals surface area contributed by atoms with Gasteiger partial charge in [0.25, 0.3) is 5.91 Å². The van der Waals surface area contributed by atoms with Crippen molar-refractivity contribution in [3.8, 4) is 5.75 Å². The summed E-state index contributed by atoms with van der Waals surface area (Å²) in [5, 5.41) is 2.79. The molecule has 0 spiro atoms.